The maximum atomic E-state index is 11.2. The number of ether oxygens (including phenoxy) is 1. The highest BCUT2D eigenvalue weighted by atomic mass is 16.5. The molecule has 0 aromatic heterocycles. The van der Waals surface area contributed by atoms with Gasteiger partial charge in [0.15, 0.2) is 6.61 Å². The van der Waals surface area contributed by atoms with Crippen molar-refractivity contribution < 1.29 is 9.53 Å². The van der Waals surface area contributed by atoms with Crippen molar-refractivity contribution in [1.82, 2.24) is 0 Å². The first kappa shape index (κ1) is 13.0. The SMILES string of the molecule is C#CCOC(=O)CC(C)C(C)CCC. The predicted molar refractivity (Wildman–Crippen MR) is 57.6 cm³/mol. The molecule has 0 amide bonds. The summed E-state index contributed by atoms with van der Waals surface area (Å²) >= 11 is 0. The quantitative estimate of drug-likeness (QED) is 0.482. The molecule has 0 saturated heterocycles. The summed E-state index contributed by atoms with van der Waals surface area (Å²) < 4.78 is 4.82. The van der Waals surface area contributed by atoms with E-state index in [-0.39, 0.29) is 12.6 Å². The second kappa shape index (κ2) is 7.44. The largest absolute Gasteiger partial charge is 0.452 e. The lowest BCUT2D eigenvalue weighted by Gasteiger charge is -2.17. The molecule has 14 heavy (non-hydrogen) atoms. The molecule has 80 valence electrons. The Bertz CT molecular complexity index is 203. The van der Waals surface area contributed by atoms with Gasteiger partial charge in [-0.05, 0) is 11.8 Å². The molecule has 0 aliphatic heterocycles. The fraction of sp³-hybridized carbons (Fsp3) is 0.750. The molecule has 0 aliphatic rings. The molecule has 2 atom stereocenters. The van der Waals surface area contributed by atoms with Crippen LogP contribution < -0.4 is 0 Å². The summed E-state index contributed by atoms with van der Waals surface area (Å²) in [5.41, 5.74) is 0. The van der Waals surface area contributed by atoms with Gasteiger partial charge in [-0.3, -0.25) is 4.79 Å². The highest BCUT2D eigenvalue weighted by molar-refractivity contribution is 5.69. The summed E-state index contributed by atoms with van der Waals surface area (Å²) in [7, 11) is 0. The van der Waals surface area contributed by atoms with Gasteiger partial charge in [-0.15, -0.1) is 6.42 Å². The molecule has 2 nitrogen and oxygen atoms in total. The first-order valence-corrected chi connectivity index (χ1v) is 5.20. The molecule has 0 rings (SSSR count). The van der Waals surface area contributed by atoms with Gasteiger partial charge in [0.05, 0.1) is 0 Å². The highest BCUT2D eigenvalue weighted by Crippen LogP contribution is 2.20. The van der Waals surface area contributed by atoms with Gasteiger partial charge >= 0.3 is 5.97 Å². The molecule has 0 radical (unpaired) electrons. The van der Waals surface area contributed by atoms with Crippen molar-refractivity contribution in [3.8, 4) is 12.3 Å². The first-order valence-electron chi connectivity index (χ1n) is 5.20. The topological polar surface area (TPSA) is 26.3 Å². The third-order valence-corrected chi connectivity index (χ3v) is 2.52. The minimum atomic E-state index is -0.182. The smallest absolute Gasteiger partial charge is 0.307 e. The third kappa shape index (κ3) is 5.64. The summed E-state index contributed by atoms with van der Waals surface area (Å²) in [5, 5.41) is 0. The van der Waals surface area contributed by atoms with Crippen LogP contribution in [0.15, 0.2) is 0 Å². The van der Waals surface area contributed by atoms with Crippen LogP contribution in [0.1, 0.15) is 40.0 Å². The molecule has 0 heterocycles. The van der Waals surface area contributed by atoms with E-state index in [1.54, 1.807) is 0 Å². The van der Waals surface area contributed by atoms with E-state index in [1.807, 2.05) is 0 Å². The number of carbonyl (C=O) groups excluding carboxylic acids is 1. The van der Waals surface area contributed by atoms with Gasteiger partial charge in [-0.25, -0.2) is 0 Å². The Balaban J connectivity index is 3.75. The minimum Gasteiger partial charge on any atom is -0.452 e. The zero-order valence-electron chi connectivity index (χ0n) is 9.38. The van der Waals surface area contributed by atoms with Gasteiger partial charge in [0.25, 0.3) is 0 Å². The van der Waals surface area contributed by atoms with Gasteiger partial charge in [0, 0.05) is 6.42 Å². The van der Waals surface area contributed by atoms with Crippen LogP contribution in [0.3, 0.4) is 0 Å². The van der Waals surface area contributed by atoms with Crippen LogP contribution in [0, 0.1) is 24.2 Å². The van der Waals surface area contributed by atoms with E-state index in [4.69, 9.17) is 11.2 Å². The van der Waals surface area contributed by atoms with Crippen molar-refractivity contribution in [3.05, 3.63) is 0 Å². The van der Waals surface area contributed by atoms with E-state index in [9.17, 15) is 4.79 Å². The Morgan fingerprint density at radius 1 is 1.43 bits per heavy atom. The summed E-state index contributed by atoms with van der Waals surface area (Å²) in [6.07, 6.45) is 7.78. The minimum absolute atomic E-state index is 0.0910. The van der Waals surface area contributed by atoms with Crippen LogP contribution in [0.25, 0.3) is 0 Å². The molecular formula is C12H20O2. The fourth-order valence-electron chi connectivity index (χ4n) is 1.39. The van der Waals surface area contributed by atoms with Crippen molar-refractivity contribution in [2.75, 3.05) is 6.61 Å². The lowest BCUT2D eigenvalue weighted by molar-refractivity contribution is -0.143. The second-order valence-electron chi connectivity index (χ2n) is 3.81. The van der Waals surface area contributed by atoms with Gasteiger partial charge in [0.2, 0.25) is 0 Å². The zero-order chi connectivity index (χ0) is 11.0. The number of esters is 1. The van der Waals surface area contributed by atoms with E-state index in [0.29, 0.717) is 18.3 Å². The Labute approximate surface area is 87.0 Å². The molecule has 2 heteroatoms. The molecule has 0 N–H and O–H groups in total. The molecule has 0 fully saturated rings. The molecule has 0 spiro atoms. The van der Waals surface area contributed by atoms with E-state index < -0.39 is 0 Å². The molecule has 0 aliphatic carbocycles. The van der Waals surface area contributed by atoms with E-state index in [0.717, 1.165) is 12.8 Å². The van der Waals surface area contributed by atoms with Crippen LogP contribution >= 0.6 is 0 Å². The van der Waals surface area contributed by atoms with E-state index in [1.165, 1.54) is 0 Å². The number of hydrogen-bond acceptors (Lipinski definition) is 2. The molecule has 0 aromatic carbocycles. The Morgan fingerprint density at radius 3 is 2.57 bits per heavy atom. The van der Waals surface area contributed by atoms with Gasteiger partial charge < -0.3 is 4.74 Å². The first-order chi connectivity index (χ1) is 6.61. The molecular weight excluding hydrogens is 176 g/mol. The maximum Gasteiger partial charge on any atom is 0.307 e. The maximum absolute atomic E-state index is 11.2. The van der Waals surface area contributed by atoms with Crippen molar-refractivity contribution in [1.29, 1.82) is 0 Å². The van der Waals surface area contributed by atoms with E-state index in [2.05, 4.69) is 26.7 Å². The lowest BCUT2D eigenvalue weighted by Crippen LogP contribution is -2.15. The Morgan fingerprint density at radius 2 is 2.07 bits per heavy atom. The number of carbonyl (C=O) groups is 1. The lowest BCUT2D eigenvalue weighted by atomic mass is 9.89. The number of terminal acetylenes is 1. The zero-order valence-corrected chi connectivity index (χ0v) is 9.38. The van der Waals surface area contributed by atoms with Crippen molar-refractivity contribution in [3.63, 3.8) is 0 Å². The summed E-state index contributed by atoms with van der Waals surface area (Å²) in [5.74, 6) is 3.04. The Hall–Kier alpha value is -0.970. The van der Waals surface area contributed by atoms with Crippen LogP contribution in [-0.2, 0) is 9.53 Å². The monoisotopic (exact) mass is 196 g/mol. The standard InChI is InChI=1S/C12H20O2/c1-5-7-10(3)11(4)9-12(13)14-8-6-2/h2,10-11H,5,7-9H2,1,3-4H3. The summed E-state index contributed by atoms with van der Waals surface area (Å²) in [4.78, 5) is 11.2. The van der Waals surface area contributed by atoms with E-state index >= 15 is 0 Å². The molecule has 0 saturated carbocycles. The number of rotatable bonds is 6. The average molecular weight is 196 g/mol. The summed E-state index contributed by atoms with van der Waals surface area (Å²) in [6.45, 7) is 6.49. The second-order valence-corrected chi connectivity index (χ2v) is 3.81. The average Bonchev–Trinajstić information content (AvgIpc) is 2.15. The highest BCUT2D eigenvalue weighted by Gasteiger charge is 2.15. The fourth-order valence-corrected chi connectivity index (χ4v) is 1.39. The third-order valence-electron chi connectivity index (χ3n) is 2.52. The van der Waals surface area contributed by atoms with Gasteiger partial charge in [0.1, 0.15) is 0 Å². The van der Waals surface area contributed by atoms with Crippen molar-refractivity contribution in [2.45, 2.75) is 40.0 Å². The normalized spacial score (nSPS) is 14.1. The van der Waals surface area contributed by atoms with Crippen LogP contribution in [0.2, 0.25) is 0 Å². The van der Waals surface area contributed by atoms with Gasteiger partial charge in [-0.1, -0.05) is 39.5 Å². The van der Waals surface area contributed by atoms with Crippen LogP contribution in [0.4, 0.5) is 0 Å². The van der Waals surface area contributed by atoms with Gasteiger partial charge in [-0.2, -0.15) is 0 Å². The van der Waals surface area contributed by atoms with Crippen LogP contribution in [-0.4, -0.2) is 12.6 Å². The number of hydrogen-bond donors (Lipinski definition) is 0. The molecule has 0 aromatic rings. The van der Waals surface area contributed by atoms with Crippen LogP contribution in [0.5, 0.6) is 0 Å². The van der Waals surface area contributed by atoms with Crippen molar-refractivity contribution in [2.24, 2.45) is 11.8 Å². The van der Waals surface area contributed by atoms with Crippen molar-refractivity contribution >= 4 is 5.97 Å². The summed E-state index contributed by atoms with van der Waals surface area (Å²) in [6, 6.07) is 0. The molecule has 0 bridgehead atoms. The predicted octanol–water partition coefficient (Wildman–Crippen LogP) is 2.63. The molecule has 2 unspecified atom stereocenters. The Kier molecular flexibility index (Phi) is 6.92.